The normalized spacial score (nSPS) is 10.3. The third kappa shape index (κ3) is 2.72. The first kappa shape index (κ1) is 12.3. The minimum atomic E-state index is -0.103. The van der Waals surface area contributed by atoms with Crippen molar-refractivity contribution >= 4 is 11.6 Å². The van der Waals surface area contributed by atoms with Gasteiger partial charge in [0.05, 0.1) is 11.9 Å². The van der Waals surface area contributed by atoms with Gasteiger partial charge >= 0.3 is 0 Å². The maximum atomic E-state index is 11.6. The first-order valence-corrected chi connectivity index (χ1v) is 5.66. The van der Waals surface area contributed by atoms with Crippen LogP contribution in [0.25, 0.3) is 11.3 Å². The number of aryl methyl sites for hydroxylation is 1. The highest BCUT2D eigenvalue weighted by molar-refractivity contribution is 5.95. The van der Waals surface area contributed by atoms with Crippen LogP contribution in [-0.2, 0) is 11.8 Å². The van der Waals surface area contributed by atoms with Crippen molar-refractivity contribution in [2.45, 2.75) is 6.42 Å². The van der Waals surface area contributed by atoms with Gasteiger partial charge in [-0.15, -0.1) is 5.10 Å². The van der Waals surface area contributed by atoms with E-state index in [-0.39, 0.29) is 5.91 Å². The van der Waals surface area contributed by atoms with Crippen LogP contribution in [0.2, 0.25) is 0 Å². The van der Waals surface area contributed by atoms with Crippen LogP contribution in [0.3, 0.4) is 0 Å². The Morgan fingerprint density at radius 2 is 2.22 bits per heavy atom. The quantitative estimate of drug-likeness (QED) is 0.833. The largest absolute Gasteiger partial charge is 0.330 e. The molecule has 1 aromatic heterocycles. The smallest absolute Gasteiger partial charge is 0.225 e. The Bertz CT molecular complexity index is 549. The molecule has 3 N–H and O–H groups in total. The Labute approximate surface area is 105 Å². The average Bonchev–Trinajstić information content (AvgIpc) is 2.77. The molecule has 1 heterocycles. The lowest BCUT2D eigenvalue weighted by Gasteiger charge is -2.08. The first-order valence-electron chi connectivity index (χ1n) is 5.66. The molecule has 0 aliphatic rings. The van der Waals surface area contributed by atoms with Crippen LogP contribution in [0, 0.1) is 0 Å². The Morgan fingerprint density at radius 3 is 2.89 bits per heavy atom. The van der Waals surface area contributed by atoms with Gasteiger partial charge in [-0.05, 0) is 6.07 Å². The van der Waals surface area contributed by atoms with Crippen molar-refractivity contribution < 1.29 is 4.79 Å². The van der Waals surface area contributed by atoms with Crippen molar-refractivity contribution in [1.29, 1.82) is 0 Å². The number of hydrogen-bond acceptors (Lipinski definition) is 4. The number of nitrogens with one attached hydrogen (secondary N) is 1. The third-order valence-electron chi connectivity index (χ3n) is 2.45. The van der Waals surface area contributed by atoms with Gasteiger partial charge in [-0.1, -0.05) is 23.4 Å². The van der Waals surface area contributed by atoms with Crippen molar-refractivity contribution in [3.8, 4) is 11.3 Å². The van der Waals surface area contributed by atoms with E-state index in [1.165, 1.54) is 0 Å². The van der Waals surface area contributed by atoms with E-state index in [2.05, 4.69) is 15.6 Å². The van der Waals surface area contributed by atoms with Crippen molar-refractivity contribution in [3.63, 3.8) is 0 Å². The van der Waals surface area contributed by atoms with Gasteiger partial charge in [-0.3, -0.25) is 9.48 Å². The second kappa shape index (κ2) is 5.42. The summed E-state index contributed by atoms with van der Waals surface area (Å²) < 4.78 is 1.62. The van der Waals surface area contributed by atoms with Crippen LogP contribution in [-0.4, -0.2) is 27.4 Å². The highest BCUT2D eigenvalue weighted by Gasteiger charge is 2.10. The molecule has 6 nitrogen and oxygen atoms in total. The van der Waals surface area contributed by atoms with Gasteiger partial charge in [-0.2, -0.15) is 0 Å². The second-order valence-corrected chi connectivity index (χ2v) is 3.91. The topological polar surface area (TPSA) is 85.8 Å². The molecule has 0 bridgehead atoms. The maximum Gasteiger partial charge on any atom is 0.225 e. The second-order valence-electron chi connectivity index (χ2n) is 3.91. The van der Waals surface area contributed by atoms with Crippen molar-refractivity contribution in [2.75, 3.05) is 11.9 Å². The molecule has 2 aromatic rings. The number of nitrogens with two attached hydrogens (primary N) is 1. The van der Waals surface area contributed by atoms with E-state index >= 15 is 0 Å². The van der Waals surface area contributed by atoms with E-state index in [0.29, 0.717) is 13.0 Å². The van der Waals surface area contributed by atoms with E-state index in [1.54, 1.807) is 17.9 Å². The molecule has 0 radical (unpaired) electrons. The molecule has 2 rings (SSSR count). The van der Waals surface area contributed by atoms with Gasteiger partial charge in [-0.25, -0.2) is 0 Å². The first-order chi connectivity index (χ1) is 8.70. The van der Waals surface area contributed by atoms with E-state index in [4.69, 9.17) is 5.73 Å². The molecule has 6 heteroatoms. The zero-order valence-corrected chi connectivity index (χ0v) is 10.1. The number of carbonyl (C=O) groups excluding carboxylic acids is 1. The summed E-state index contributed by atoms with van der Waals surface area (Å²) in [6, 6.07) is 7.47. The number of carbonyl (C=O) groups is 1. The molecule has 94 valence electrons. The number of rotatable bonds is 4. The van der Waals surface area contributed by atoms with Crippen molar-refractivity contribution in [1.82, 2.24) is 15.0 Å². The molecule has 0 saturated carbocycles. The number of hydrogen-bond donors (Lipinski definition) is 2. The summed E-state index contributed by atoms with van der Waals surface area (Å²) in [7, 11) is 1.80. The number of para-hydroxylation sites is 1. The summed E-state index contributed by atoms with van der Waals surface area (Å²) in [4.78, 5) is 11.6. The minimum absolute atomic E-state index is 0.103. The molecule has 0 unspecified atom stereocenters. The highest BCUT2D eigenvalue weighted by Crippen LogP contribution is 2.25. The third-order valence-corrected chi connectivity index (χ3v) is 2.45. The van der Waals surface area contributed by atoms with E-state index < -0.39 is 0 Å². The number of amides is 1. The number of aromatic nitrogens is 3. The zero-order valence-electron chi connectivity index (χ0n) is 10.1. The van der Waals surface area contributed by atoms with Crippen LogP contribution < -0.4 is 11.1 Å². The Hall–Kier alpha value is -2.21. The fourth-order valence-corrected chi connectivity index (χ4v) is 1.63. The number of benzene rings is 1. The molecule has 0 spiro atoms. The van der Waals surface area contributed by atoms with Crippen LogP contribution in [0.1, 0.15) is 6.42 Å². The number of anilines is 1. The molecule has 1 amide bonds. The Morgan fingerprint density at radius 1 is 1.44 bits per heavy atom. The lowest BCUT2D eigenvalue weighted by Crippen LogP contribution is -2.16. The molecule has 0 fully saturated rings. The van der Waals surface area contributed by atoms with Crippen LogP contribution in [0.4, 0.5) is 5.69 Å². The summed E-state index contributed by atoms with van der Waals surface area (Å²) in [5.74, 6) is -0.103. The van der Waals surface area contributed by atoms with Crippen molar-refractivity contribution in [3.05, 3.63) is 30.5 Å². The standard InChI is InChI=1S/C12H15N5O/c1-17-8-11(15-16-17)9-4-2-3-5-10(9)14-12(18)6-7-13/h2-5,8H,6-7,13H2,1H3,(H,14,18). The Balaban J connectivity index is 2.28. The van der Waals surface area contributed by atoms with E-state index in [1.807, 2.05) is 24.3 Å². The van der Waals surface area contributed by atoms with Gasteiger partial charge in [0.1, 0.15) is 5.69 Å². The van der Waals surface area contributed by atoms with E-state index in [9.17, 15) is 4.79 Å². The number of nitrogens with zero attached hydrogens (tertiary/aromatic N) is 3. The van der Waals surface area contributed by atoms with Gasteiger partial charge in [0.25, 0.3) is 0 Å². The molecular formula is C12H15N5O. The molecule has 0 aliphatic heterocycles. The fraction of sp³-hybridized carbons (Fsp3) is 0.250. The lowest BCUT2D eigenvalue weighted by atomic mass is 10.1. The SMILES string of the molecule is Cn1cc(-c2ccccc2NC(=O)CCN)nn1. The summed E-state index contributed by atoms with van der Waals surface area (Å²) in [5, 5.41) is 10.7. The van der Waals surface area contributed by atoms with Gasteiger partial charge in [0, 0.05) is 25.6 Å². The predicted octanol–water partition coefficient (Wildman–Crippen LogP) is 0.769. The molecule has 0 aliphatic carbocycles. The monoisotopic (exact) mass is 245 g/mol. The molecule has 0 saturated heterocycles. The summed E-state index contributed by atoms with van der Waals surface area (Å²) in [6.07, 6.45) is 2.10. The van der Waals surface area contributed by atoms with Gasteiger partial charge < -0.3 is 11.1 Å². The van der Waals surface area contributed by atoms with E-state index in [0.717, 1.165) is 16.9 Å². The summed E-state index contributed by atoms with van der Waals surface area (Å²) >= 11 is 0. The zero-order chi connectivity index (χ0) is 13.0. The van der Waals surface area contributed by atoms with Crippen molar-refractivity contribution in [2.24, 2.45) is 12.8 Å². The molecule has 1 aromatic carbocycles. The van der Waals surface area contributed by atoms with Gasteiger partial charge in [0.2, 0.25) is 5.91 Å². The lowest BCUT2D eigenvalue weighted by molar-refractivity contribution is -0.116. The highest BCUT2D eigenvalue weighted by atomic mass is 16.1. The minimum Gasteiger partial charge on any atom is -0.330 e. The van der Waals surface area contributed by atoms with Crippen LogP contribution in [0.5, 0.6) is 0 Å². The predicted molar refractivity (Wildman–Crippen MR) is 68.7 cm³/mol. The van der Waals surface area contributed by atoms with Gasteiger partial charge in [0.15, 0.2) is 0 Å². The average molecular weight is 245 g/mol. The summed E-state index contributed by atoms with van der Waals surface area (Å²) in [5.41, 5.74) is 7.63. The fourth-order valence-electron chi connectivity index (χ4n) is 1.63. The Kier molecular flexibility index (Phi) is 3.69. The molecular weight excluding hydrogens is 230 g/mol. The molecule has 0 atom stereocenters. The summed E-state index contributed by atoms with van der Waals surface area (Å²) in [6.45, 7) is 0.332. The maximum absolute atomic E-state index is 11.6. The van der Waals surface area contributed by atoms with Crippen LogP contribution in [0.15, 0.2) is 30.5 Å². The van der Waals surface area contributed by atoms with Crippen LogP contribution >= 0.6 is 0 Å². The molecule has 18 heavy (non-hydrogen) atoms.